The van der Waals surface area contributed by atoms with Gasteiger partial charge in [0.05, 0.1) is 6.54 Å². The van der Waals surface area contributed by atoms with Crippen molar-refractivity contribution in [2.24, 2.45) is 5.92 Å². The Morgan fingerprint density at radius 3 is 2.13 bits per heavy atom. The second-order valence-electron chi connectivity index (χ2n) is 9.94. The molecule has 6 heteroatoms. The van der Waals surface area contributed by atoms with E-state index < -0.39 is 0 Å². The van der Waals surface area contributed by atoms with Crippen molar-refractivity contribution in [3.8, 4) is 0 Å². The molecule has 0 spiro atoms. The first-order valence-corrected chi connectivity index (χ1v) is 14.0. The average molecular weight is 566 g/mol. The third-order valence-electron chi connectivity index (χ3n) is 6.83. The first-order valence-electron chi connectivity index (χ1n) is 14.0. The van der Waals surface area contributed by atoms with Crippen molar-refractivity contribution >= 4 is 5.91 Å². The molecule has 0 N–H and O–H groups in total. The number of unbranched alkanes of at least 4 members (excludes halogenated alkanes) is 4. The van der Waals surface area contributed by atoms with Gasteiger partial charge in [-0.25, -0.2) is 9.13 Å². The van der Waals surface area contributed by atoms with E-state index in [9.17, 15) is 4.79 Å². The first kappa shape index (κ1) is 30.2. The van der Waals surface area contributed by atoms with Gasteiger partial charge in [-0.2, -0.15) is 0 Å². The van der Waals surface area contributed by atoms with Crippen LogP contribution in [-0.2, 0) is 35.0 Å². The summed E-state index contributed by atoms with van der Waals surface area (Å²) in [6.07, 6.45) is 46.8. The van der Waals surface area contributed by atoms with Crippen LogP contribution in [0.5, 0.6) is 0 Å². The molecule has 0 unspecified atom stereocenters. The van der Waals surface area contributed by atoms with Crippen LogP contribution in [0.25, 0.3) is 0 Å². The topological polar surface area (TPSA) is 32.4 Å². The van der Waals surface area contributed by atoms with Crippen LogP contribution in [0, 0.1) is 5.92 Å². The Kier molecular flexibility index (Phi) is 12.8. The van der Waals surface area contributed by atoms with Crippen LogP contribution in [0.4, 0.5) is 0 Å². The van der Waals surface area contributed by atoms with Gasteiger partial charge in [-0.05, 0) is 48.3 Å². The minimum absolute atomic E-state index is 0. The van der Waals surface area contributed by atoms with E-state index in [2.05, 4.69) is 89.6 Å². The molecular formula is C33H41FeN4O+. The smallest absolute Gasteiger partial charge is 0.272 e. The molecule has 39 heavy (non-hydrogen) atoms. The normalized spacial score (nSPS) is 16.8. The summed E-state index contributed by atoms with van der Waals surface area (Å²) in [6.45, 7) is 4.53. The SMILES string of the molecule is C1=CCC=C1.CCCCCCCN1C=CC(=C2C=CN(C(=O)C[n+]3ccn(CC4C=CC=C4)c3)C=C2)C=C1.[Fe]. The van der Waals surface area contributed by atoms with Crippen molar-refractivity contribution in [2.75, 3.05) is 6.54 Å². The number of carbonyl (C=O) groups excluding carboxylic acids is 1. The minimum atomic E-state index is 0. The first-order chi connectivity index (χ1) is 18.7. The zero-order valence-corrected chi connectivity index (χ0v) is 24.1. The molecule has 0 aromatic carbocycles. The molecule has 2 aliphatic carbocycles. The molecule has 0 fully saturated rings. The van der Waals surface area contributed by atoms with Crippen molar-refractivity contribution in [1.29, 1.82) is 0 Å². The van der Waals surface area contributed by atoms with Crippen LogP contribution in [0.1, 0.15) is 45.4 Å². The molecule has 0 saturated carbocycles. The molecule has 1 amide bonds. The summed E-state index contributed by atoms with van der Waals surface area (Å²) in [6, 6.07) is 0. The molecule has 206 valence electrons. The van der Waals surface area contributed by atoms with Crippen molar-refractivity contribution in [1.82, 2.24) is 14.4 Å². The van der Waals surface area contributed by atoms with Crippen LogP contribution in [0.15, 0.2) is 128 Å². The van der Waals surface area contributed by atoms with Crippen molar-refractivity contribution in [3.63, 3.8) is 0 Å². The second-order valence-corrected chi connectivity index (χ2v) is 9.94. The second kappa shape index (κ2) is 16.6. The third kappa shape index (κ3) is 10.0. The fourth-order valence-electron chi connectivity index (χ4n) is 4.60. The number of hydrogen-bond donors (Lipinski definition) is 0. The van der Waals surface area contributed by atoms with Crippen LogP contribution >= 0.6 is 0 Å². The van der Waals surface area contributed by atoms with E-state index in [1.165, 1.54) is 37.7 Å². The summed E-state index contributed by atoms with van der Waals surface area (Å²) in [5.41, 5.74) is 2.28. The van der Waals surface area contributed by atoms with Gasteiger partial charge in [0.15, 0.2) is 6.54 Å². The number of imidazole rings is 1. The van der Waals surface area contributed by atoms with E-state index in [1.807, 2.05) is 47.8 Å². The van der Waals surface area contributed by atoms with Crippen LogP contribution in [0.3, 0.4) is 0 Å². The molecule has 0 saturated heterocycles. The zero-order chi connectivity index (χ0) is 26.4. The predicted molar refractivity (Wildman–Crippen MR) is 155 cm³/mol. The van der Waals surface area contributed by atoms with Gasteiger partial charge in [-0.15, -0.1) is 0 Å². The van der Waals surface area contributed by atoms with E-state index in [0.717, 1.165) is 25.1 Å². The van der Waals surface area contributed by atoms with Gasteiger partial charge in [0, 0.05) is 54.3 Å². The van der Waals surface area contributed by atoms with Gasteiger partial charge < -0.3 is 4.90 Å². The van der Waals surface area contributed by atoms with Gasteiger partial charge in [-0.3, -0.25) is 9.69 Å². The Morgan fingerprint density at radius 2 is 1.51 bits per heavy atom. The van der Waals surface area contributed by atoms with Gasteiger partial charge >= 0.3 is 0 Å². The van der Waals surface area contributed by atoms with E-state index in [4.69, 9.17) is 0 Å². The fourth-order valence-corrected chi connectivity index (χ4v) is 4.60. The Hall–Kier alpha value is -3.34. The largest absolute Gasteiger partial charge is 0.354 e. The Morgan fingerprint density at radius 1 is 0.872 bits per heavy atom. The molecule has 1 aromatic rings. The van der Waals surface area contributed by atoms with Crippen molar-refractivity contribution in [3.05, 3.63) is 128 Å². The van der Waals surface area contributed by atoms with E-state index >= 15 is 0 Å². The van der Waals surface area contributed by atoms with Gasteiger partial charge in [0.2, 0.25) is 6.33 Å². The van der Waals surface area contributed by atoms with Crippen molar-refractivity contribution in [2.45, 2.75) is 58.5 Å². The number of rotatable bonds is 10. The van der Waals surface area contributed by atoms with Crippen LogP contribution in [0.2, 0.25) is 0 Å². The zero-order valence-electron chi connectivity index (χ0n) is 23.0. The van der Waals surface area contributed by atoms with Gasteiger partial charge in [0.25, 0.3) is 5.91 Å². The summed E-state index contributed by atoms with van der Waals surface area (Å²) in [4.78, 5) is 16.7. The maximum absolute atomic E-state index is 12.7. The van der Waals surface area contributed by atoms with E-state index in [0.29, 0.717) is 12.5 Å². The number of nitrogens with zero attached hydrogens (tertiary/aromatic N) is 4. The monoisotopic (exact) mass is 565 g/mol. The average Bonchev–Trinajstić information content (AvgIpc) is 3.75. The maximum Gasteiger partial charge on any atom is 0.272 e. The maximum atomic E-state index is 12.7. The molecule has 0 bridgehead atoms. The van der Waals surface area contributed by atoms with Gasteiger partial charge in [-0.1, -0.05) is 81.2 Å². The summed E-state index contributed by atoms with van der Waals surface area (Å²) in [5, 5.41) is 0. The standard InChI is InChI=1S/C28H35N4O.C5H6.Fe/c1-2-3-4-5-8-15-29-16-11-26(12-17-29)27-13-18-32(19-14-27)28(33)23-31-21-20-30(24-31)22-25-9-6-7-10-25;1-2-4-5-3-1;/h6-7,9-14,16-21,24-25H,2-5,8,15,22-23H2,1H3;1-4H,5H2;/q+1;;. The Balaban J connectivity index is 0.000000630. The van der Waals surface area contributed by atoms with Crippen LogP contribution in [-0.4, -0.2) is 26.8 Å². The fraction of sp³-hybridized carbons (Fsp3) is 0.333. The number of hydrogen-bond acceptors (Lipinski definition) is 2. The Labute approximate surface area is 244 Å². The molecule has 0 radical (unpaired) electrons. The van der Waals surface area contributed by atoms with E-state index in [-0.39, 0.29) is 23.0 Å². The quantitative estimate of drug-likeness (QED) is 0.184. The molecule has 1 aromatic heterocycles. The molecular weight excluding hydrogens is 524 g/mol. The summed E-state index contributed by atoms with van der Waals surface area (Å²) >= 11 is 0. The predicted octanol–water partition coefficient (Wildman–Crippen LogP) is 6.50. The van der Waals surface area contributed by atoms with Gasteiger partial charge in [0.1, 0.15) is 12.4 Å². The number of carbonyl (C=O) groups is 1. The summed E-state index contributed by atoms with van der Waals surface area (Å²) in [5.74, 6) is 0.473. The molecule has 3 heterocycles. The van der Waals surface area contributed by atoms with E-state index in [1.54, 1.807) is 4.90 Å². The number of amides is 1. The Bertz CT molecular complexity index is 1150. The summed E-state index contributed by atoms with van der Waals surface area (Å²) in [7, 11) is 0. The third-order valence-corrected chi connectivity index (χ3v) is 6.83. The summed E-state index contributed by atoms with van der Waals surface area (Å²) < 4.78 is 4.06. The number of aromatic nitrogens is 2. The molecule has 2 aliphatic heterocycles. The van der Waals surface area contributed by atoms with Crippen LogP contribution < -0.4 is 4.57 Å². The van der Waals surface area contributed by atoms with Crippen molar-refractivity contribution < 1.29 is 26.4 Å². The molecule has 5 rings (SSSR count). The molecule has 5 nitrogen and oxygen atoms in total. The minimum Gasteiger partial charge on any atom is -0.354 e. The molecule has 0 atom stereocenters. The number of allylic oxidation sites excluding steroid dienone is 14. The molecule has 4 aliphatic rings.